The van der Waals surface area contributed by atoms with Gasteiger partial charge in [-0.05, 0) is 26.1 Å². The summed E-state index contributed by atoms with van der Waals surface area (Å²) in [5.74, 6) is 0. The van der Waals surface area contributed by atoms with E-state index in [0.717, 1.165) is 13.1 Å². The average Bonchev–Trinajstić information content (AvgIpc) is 2.46. The Balaban J connectivity index is 2.11. The van der Waals surface area contributed by atoms with E-state index in [1.807, 2.05) is 7.05 Å². The van der Waals surface area contributed by atoms with Crippen molar-refractivity contribution >= 4 is 0 Å². The monoisotopic (exact) mass is 261 g/mol. The van der Waals surface area contributed by atoms with Crippen LogP contribution in [-0.4, -0.2) is 56.1 Å². The Morgan fingerprint density at radius 1 is 1.26 bits per heavy atom. The predicted octanol–water partition coefficient (Wildman–Crippen LogP) is 1.97. The third kappa shape index (κ3) is 3.56. The Hall–Kier alpha value is -0.900. The quantitative estimate of drug-likeness (QED) is 0.874. The average molecular weight is 261 g/mol. The SMILES string of the molecule is CCC1CN(C(CNC)c2ccccc2)CCN1C. The number of nitrogens with zero attached hydrogens (tertiary/aromatic N) is 2. The third-order valence-electron chi connectivity index (χ3n) is 4.30. The second-order valence-corrected chi connectivity index (χ2v) is 5.52. The minimum Gasteiger partial charge on any atom is -0.318 e. The predicted molar refractivity (Wildman–Crippen MR) is 81.4 cm³/mol. The highest BCUT2D eigenvalue weighted by Crippen LogP contribution is 2.23. The first-order valence-corrected chi connectivity index (χ1v) is 7.40. The fourth-order valence-corrected chi connectivity index (χ4v) is 3.02. The topological polar surface area (TPSA) is 18.5 Å². The van der Waals surface area contributed by atoms with E-state index >= 15 is 0 Å². The number of hydrogen-bond donors (Lipinski definition) is 1. The van der Waals surface area contributed by atoms with E-state index < -0.39 is 0 Å². The normalized spacial score (nSPS) is 23.4. The molecule has 3 heteroatoms. The maximum absolute atomic E-state index is 3.35. The second-order valence-electron chi connectivity index (χ2n) is 5.52. The van der Waals surface area contributed by atoms with Gasteiger partial charge in [-0.3, -0.25) is 4.90 Å². The lowest BCUT2D eigenvalue weighted by molar-refractivity contribution is 0.0622. The highest BCUT2D eigenvalue weighted by Gasteiger charge is 2.28. The van der Waals surface area contributed by atoms with Gasteiger partial charge in [-0.25, -0.2) is 0 Å². The van der Waals surface area contributed by atoms with Crippen LogP contribution in [0.2, 0.25) is 0 Å². The lowest BCUT2D eigenvalue weighted by Crippen LogP contribution is -2.53. The van der Waals surface area contributed by atoms with E-state index in [9.17, 15) is 0 Å². The van der Waals surface area contributed by atoms with E-state index in [-0.39, 0.29) is 0 Å². The van der Waals surface area contributed by atoms with Gasteiger partial charge in [0.05, 0.1) is 0 Å². The summed E-state index contributed by atoms with van der Waals surface area (Å²) < 4.78 is 0. The van der Waals surface area contributed by atoms with Crippen LogP contribution in [0.1, 0.15) is 24.9 Å². The van der Waals surface area contributed by atoms with Crippen molar-refractivity contribution in [3.63, 3.8) is 0 Å². The van der Waals surface area contributed by atoms with E-state index in [1.54, 1.807) is 0 Å². The van der Waals surface area contributed by atoms with Crippen molar-refractivity contribution < 1.29 is 0 Å². The van der Waals surface area contributed by atoms with Gasteiger partial charge >= 0.3 is 0 Å². The van der Waals surface area contributed by atoms with Crippen LogP contribution in [0, 0.1) is 0 Å². The third-order valence-corrected chi connectivity index (χ3v) is 4.30. The summed E-state index contributed by atoms with van der Waals surface area (Å²) >= 11 is 0. The molecule has 0 aromatic heterocycles. The molecule has 2 unspecified atom stereocenters. The lowest BCUT2D eigenvalue weighted by Gasteiger charge is -2.43. The molecule has 1 heterocycles. The molecule has 1 fully saturated rings. The maximum atomic E-state index is 3.35. The van der Waals surface area contributed by atoms with E-state index in [4.69, 9.17) is 0 Å². The molecule has 0 bridgehead atoms. The summed E-state index contributed by atoms with van der Waals surface area (Å²) in [5, 5.41) is 3.35. The fraction of sp³-hybridized carbons (Fsp3) is 0.625. The van der Waals surface area contributed by atoms with Crippen LogP contribution in [0.3, 0.4) is 0 Å². The van der Waals surface area contributed by atoms with Crippen molar-refractivity contribution in [2.45, 2.75) is 25.4 Å². The molecule has 2 atom stereocenters. The first-order valence-electron chi connectivity index (χ1n) is 7.40. The molecule has 19 heavy (non-hydrogen) atoms. The van der Waals surface area contributed by atoms with Crippen molar-refractivity contribution in [1.29, 1.82) is 0 Å². The fourth-order valence-electron chi connectivity index (χ4n) is 3.02. The van der Waals surface area contributed by atoms with Crippen LogP contribution < -0.4 is 5.32 Å². The Bertz CT molecular complexity index is 366. The van der Waals surface area contributed by atoms with Crippen molar-refractivity contribution in [3.05, 3.63) is 35.9 Å². The van der Waals surface area contributed by atoms with Crippen molar-refractivity contribution in [1.82, 2.24) is 15.1 Å². The highest BCUT2D eigenvalue weighted by atomic mass is 15.3. The van der Waals surface area contributed by atoms with Gasteiger partial charge < -0.3 is 10.2 Å². The van der Waals surface area contributed by atoms with Crippen LogP contribution in [-0.2, 0) is 0 Å². The van der Waals surface area contributed by atoms with Crippen molar-refractivity contribution in [2.24, 2.45) is 0 Å². The molecule has 0 spiro atoms. The molecule has 3 nitrogen and oxygen atoms in total. The van der Waals surface area contributed by atoms with Gasteiger partial charge in [0, 0.05) is 38.3 Å². The minimum atomic E-state index is 0.494. The largest absolute Gasteiger partial charge is 0.318 e. The second kappa shape index (κ2) is 7.04. The van der Waals surface area contributed by atoms with Crippen LogP contribution in [0.15, 0.2) is 30.3 Å². The zero-order valence-electron chi connectivity index (χ0n) is 12.5. The number of piperazine rings is 1. The van der Waals surface area contributed by atoms with E-state index in [2.05, 4.69) is 59.4 Å². The molecule has 1 aliphatic rings. The van der Waals surface area contributed by atoms with Crippen molar-refractivity contribution in [2.75, 3.05) is 40.3 Å². The molecule has 1 saturated heterocycles. The van der Waals surface area contributed by atoms with Crippen LogP contribution >= 0.6 is 0 Å². The lowest BCUT2D eigenvalue weighted by atomic mass is 10.0. The van der Waals surface area contributed by atoms with E-state index in [1.165, 1.54) is 25.1 Å². The highest BCUT2D eigenvalue weighted by molar-refractivity contribution is 5.19. The minimum absolute atomic E-state index is 0.494. The number of hydrogen-bond acceptors (Lipinski definition) is 3. The zero-order chi connectivity index (χ0) is 13.7. The van der Waals surface area contributed by atoms with Gasteiger partial charge in [-0.2, -0.15) is 0 Å². The van der Waals surface area contributed by atoms with Gasteiger partial charge in [0.2, 0.25) is 0 Å². The molecule has 1 aromatic carbocycles. The zero-order valence-corrected chi connectivity index (χ0v) is 12.5. The Morgan fingerprint density at radius 2 is 2.00 bits per heavy atom. The Kier molecular flexibility index (Phi) is 5.37. The number of likely N-dealkylation sites (N-methyl/N-ethyl adjacent to an activating group) is 2. The smallest absolute Gasteiger partial charge is 0.0473 e. The first-order chi connectivity index (χ1) is 9.26. The molecule has 106 valence electrons. The van der Waals surface area contributed by atoms with Crippen LogP contribution in [0.4, 0.5) is 0 Å². The molecular formula is C16H27N3. The summed E-state index contributed by atoms with van der Waals surface area (Å²) in [5.41, 5.74) is 1.43. The molecule has 1 aliphatic heterocycles. The molecule has 2 rings (SSSR count). The summed E-state index contributed by atoms with van der Waals surface area (Å²) in [6.07, 6.45) is 1.23. The molecule has 1 aromatic rings. The Labute approximate surface area is 117 Å². The van der Waals surface area contributed by atoms with Gasteiger partial charge in [0.25, 0.3) is 0 Å². The molecule has 0 amide bonds. The van der Waals surface area contributed by atoms with Crippen LogP contribution in [0.25, 0.3) is 0 Å². The standard InChI is InChI=1S/C16H27N3/c1-4-15-13-19(11-10-18(15)3)16(12-17-2)14-8-6-5-7-9-14/h5-9,15-17H,4,10-13H2,1-3H3. The molecular weight excluding hydrogens is 234 g/mol. The summed E-state index contributed by atoms with van der Waals surface area (Å²) in [7, 11) is 4.30. The molecule has 1 N–H and O–H groups in total. The van der Waals surface area contributed by atoms with Gasteiger partial charge in [0.15, 0.2) is 0 Å². The van der Waals surface area contributed by atoms with Gasteiger partial charge in [-0.1, -0.05) is 37.3 Å². The molecule has 0 aliphatic carbocycles. The maximum Gasteiger partial charge on any atom is 0.0473 e. The number of nitrogens with one attached hydrogen (secondary N) is 1. The summed E-state index contributed by atoms with van der Waals surface area (Å²) in [6.45, 7) is 6.82. The van der Waals surface area contributed by atoms with E-state index in [0.29, 0.717) is 12.1 Å². The van der Waals surface area contributed by atoms with Gasteiger partial charge in [-0.15, -0.1) is 0 Å². The van der Waals surface area contributed by atoms with Gasteiger partial charge in [0.1, 0.15) is 0 Å². The number of benzene rings is 1. The summed E-state index contributed by atoms with van der Waals surface area (Å²) in [4.78, 5) is 5.14. The summed E-state index contributed by atoms with van der Waals surface area (Å²) in [6, 6.07) is 12.1. The van der Waals surface area contributed by atoms with Crippen LogP contribution in [0.5, 0.6) is 0 Å². The molecule has 0 saturated carbocycles. The first kappa shape index (κ1) is 14.5. The Morgan fingerprint density at radius 3 is 2.63 bits per heavy atom. The number of rotatable bonds is 5. The molecule has 0 radical (unpaired) electrons. The van der Waals surface area contributed by atoms with Crippen molar-refractivity contribution in [3.8, 4) is 0 Å².